The van der Waals surface area contributed by atoms with E-state index in [1.807, 2.05) is 0 Å². The van der Waals surface area contributed by atoms with Crippen LogP contribution in [0.3, 0.4) is 0 Å². The summed E-state index contributed by atoms with van der Waals surface area (Å²) in [7, 11) is -3.61. The lowest BCUT2D eigenvalue weighted by atomic mass is 9.99. The second-order valence-corrected chi connectivity index (χ2v) is 7.39. The van der Waals surface area contributed by atoms with Crippen LogP contribution in [0.15, 0.2) is 29.7 Å². The van der Waals surface area contributed by atoms with E-state index in [1.165, 1.54) is 10.4 Å². The Kier molecular flexibility index (Phi) is 4.70. The summed E-state index contributed by atoms with van der Waals surface area (Å²) in [4.78, 5) is 11.0. The third kappa shape index (κ3) is 3.84. The zero-order valence-corrected chi connectivity index (χ0v) is 13.0. The molecule has 1 aromatic rings. The predicted octanol–water partition coefficient (Wildman–Crippen LogP) is 2.29. The van der Waals surface area contributed by atoms with Gasteiger partial charge < -0.3 is 5.11 Å². The average molecular weight is 330 g/mol. The molecule has 1 N–H and O–H groups in total. The SMILES string of the molecule is CC1CN(S(=O)(=O)C=Cc2ccc(Cl)cc2)CC1C(=O)O. The number of rotatable bonds is 4. The summed E-state index contributed by atoms with van der Waals surface area (Å²) < 4.78 is 25.6. The van der Waals surface area contributed by atoms with Gasteiger partial charge >= 0.3 is 5.97 Å². The fourth-order valence-corrected chi connectivity index (χ4v) is 3.71. The number of benzene rings is 1. The van der Waals surface area contributed by atoms with Gasteiger partial charge in [-0.2, -0.15) is 4.31 Å². The summed E-state index contributed by atoms with van der Waals surface area (Å²) >= 11 is 5.76. The van der Waals surface area contributed by atoms with Gasteiger partial charge in [-0.05, 0) is 29.7 Å². The maximum Gasteiger partial charge on any atom is 0.308 e. The number of carbonyl (C=O) groups is 1. The van der Waals surface area contributed by atoms with Crippen LogP contribution in [0.1, 0.15) is 12.5 Å². The summed E-state index contributed by atoms with van der Waals surface area (Å²) in [5.74, 6) is -1.80. The van der Waals surface area contributed by atoms with E-state index in [4.69, 9.17) is 16.7 Å². The number of carboxylic acids is 1. The molecule has 0 saturated carbocycles. The van der Waals surface area contributed by atoms with Gasteiger partial charge in [0.1, 0.15) is 0 Å². The van der Waals surface area contributed by atoms with Gasteiger partial charge in [0, 0.05) is 23.5 Å². The van der Waals surface area contributed by atoms with Gasteiger partial charge in [0.2, 0.25) is 10.0 Å². The van der Waals surface area contributed by atoms with E-state index >= 15 is 0 Å². The molecule has 1 saturated heterocycles. The molecule has 21 heavy (non-hydrogen) atoms. The lowest BCUT2D eigenvalue weighted by molar-refractivity contribution is -0.142. The van der Waals surface area contributed by atoms with Crippen molar-refractivity contribution in [1.82, 2.24) is 4.31 Å². The number of sulfonamides is 1. The van der Waals surface area contributed by atoms with Gasteiger partial charge in [0.25, 0.3) is 0 Å². The van der Waals surface area contributed by atoms with Gasteiger partial charge in [-0.15, -0.1) is 0 Å². The van der Waals surface area contributed by atoms with Gasteiger partial charge in [-0.3, -0.25) is 4.79 Å². The topological polar surface area (TPSA) is 74.7 Å². The number of aliphatic carboxylic acids is 1. The lowest BCUT2D eigenvalue weighted by Gasteiger charge is -2.12. The van der Waals surface area contributed by atoms with Gasteiger partial charge in [0.05, 0.1) is 5.92 Å². The molecule has 1 aliphatic heterocycles. The zero-order chi connectivity index (χ0) is 15.6. The molecule has 1 heterocycles. The molecule has 1 aliphatic rings. The second kappa shape index (κ2) is 6.17. The highest BCUT2D eigenvalue weighted by atomic mass is 35.5. The minimum atomic E-state index is -3.61. The fraction of sp³-hybridized carbons (Fsp3) is 0.357. The van der Waals surface area contributed by atoms with Crippen LogP contribution in [0.5, 0.6) is 0 Å². The molecule has 1 aromatic carbocycles. The minimum absolute atomic E-state index is 0.0176. The molecule has 0 amide bonds. The van der Waals surface area contributed by atoms with Crippen molar-refractivity contribution in [3.63, 3.8) is 0 Å². The molecule has 5 nitrogen and oxygen atoms in total. The van der Waals surface area contributed by atoms with E-state index < -0.39 is 21.9 Å². The molecule has 1 fully saturated rings. The van der Waals surface area contributed by atoms with Crippen LogP contribution in [0.4, 0.5) is 0 Å². The first-order valence-corrected chi connectivity index (χ1v) is 8.34. The van der Waals surface area contributed by atoms with Crippen molar-refractivity contribution in [2.75, 3.05) is 13.1 Å². The van der Waals surface area contributed by atoms with E-state index in [0.29, 0.717) is 10.6 Å². The smallest absolute Gasteiger partial charge is 0.308 e. The van der Waals surface area contributed by atoms with E-state index in [9.17, 15) is 13.2 Å². The van der Waals surface area contributed by atoms with Crippen LogP contribution in [0.25, 0.3) is 6.08 Å². The van der Waals surface area contributed by atoms with E-state index in [-0.39, 0.29) is 19.0 Å². The van der Waals surface area contributed by atoms with E-state index in [1.54, 1.807) is 31.2 Å². The van der Waals surface area contributed by atoms with Crippen molar-refractivity contribution in [3.05, 3.63) is 40.3 Å². The molecule has 0 aromatic heterocycles. The number of halogens is 1. The monoisotopic (exact) mass is 329 g/mol. The first kappa shape index (κ1) is 16.0. The lowest BCUT2D eigenvalue weighted by Crippen LogP contribution is -2.28. The standard InChI is InChI=1S/C14H16ClNO4S/c1-10-8-16(9-13(10)14(17)18)21(19,20)7-6-11-2-4-12(15)5-3-11/h2-7,10,13H,8-9H2,1H3,(H,17,18). The number of nitrogens with zero attached hydrogens (tertiary/aromatic N) is 1. The number of hydrogen-bond donors (Lipinski definition) is 1. The van der Waals surface area contributed by atoms with Crippen LogP contribution in [0.2, 0.25) is 5.02 Å². The Bertz CT molecular complexity index is 654. The van der Waals surface area contributed by atoms with Crippen molar-refractivity contribution >= 4 is 33.7 Å². The molecule has 0 aliphatic carbocycles. The first-order valence-electron chi connectivity index (χ1n) is 6.46. The van der Waals surface area contributed by atoms with E-state index in [0.717, 1.165) is 5.41 Å². The molecule has 0 spiro atoms. The molecule has 114 valence electrons. The first-order chi connectivity index (χ1) is 9.79. The molecule has 2 unspecified atom stereocenters. The molecule has 2 rings (SSSR count). The molecule has 7 heteroatoms. The number of carboxylic acid groups (broad SMARTS) is 1. The Morgan fingerprint density at radius 1 is 1.33 bits per heavy atom. The fourth-order valence-electron chi connectivity index (χ4n) is 2.28. The Morgan fingerprint density at radius 3 is 2.48 bits per heavy atom. The highest BCUT2D eigenvalue weighted by molar-refractivity contribution is 7.92. The average Bonchev–Trinajstić information content (AvgIpc) is 2.81. The second-order valence-electron chi connectivity index (χ2n) is 5.14. The van der Waals surface area contributed by atoms with Crippen LogP contribution >= 0.6 is 11.6 Å². The third-order valence-electron chi connectivity index (χ3n) is 3.56. The summed E-state index contributed by atoms with van der Waals surface area (Å²) in [5, 5.41) is 10.7. The van der Waals surface area contributed by atoms with Crippen LogP contribution < -0.4 is 0 Å². The van der Waals surface area contributed by atoms with Crippen molar-refractivity contribution in [2.45, 2.75) is 6.92 Å². The minimum Gasteiger partial charge on any atom is -0.481 e. The van der Waals surface area contributed by atoms with Crippen molar-refractivity contribution in [2.24, 2.45) is 11.8 Å². The van der Waals surface area contributed by atoms with Crippen LogP contribution in [-0.2, 0) is 14.8 Å². The molecule has 2 atom stereocenters. The zero-order valence-electron chi connectivity index (χ0n) is 11.4. The number of hydrogen-bond acceptors (Lipinski definition) is 3. The van der Waals surface area contributed by atoms with Crippen molar-refractivity contribution in [3.8, 4) is 0 Å². The Balaban J connectivity index is 2.12. The molecule has 0 bridgehead atoms. The molecule has 0 radical (unpaired) electrons. The molecular weight excluding hydrogens is 314 g/mol. The van der Waals surface area contributed by atoms with Crippen molar-refractivity contribution in [1.29, 1.82) is 0 Å². The van der Waals surface area contributed by atoms with Crippen molar-refractivity contribution < 1.29 is 18.3 Å². The Hall–Kier alpha value is -1.37. The predicted molar refractivity (Wildman–Crippen MR) is 81.3 cm³/mol. The summed E-state index contributed by atoms with van der Waals surface area (Å²) in [6.45, 7) is 1.99. The highest BCUT2D eigenvalue weighted by Crippen LogP contribution is 2.26. The third-order valence-corrected chi connectivity index (χ3v) is 5.31. The summed E-state index contributed by atoms with van der Waals surface area (Å²) in [6.07, 6.45) is 1.48. The van der Waals surface area contributed by atoms with Gasteiger partial charge in [-0.1, -0.05) is 30.7 Å². The Labute approximate surface area is 128 Å². The maximum absolute atomic E-state index is 12.2. The quantitative estimate of drug-likeness (QED) is 0.919. The largest absolute Gasteiger partial charge is 0.481 e. The summed E-state index contributed by atoms with van der Waals surface area (Å²) in [5.41, 5.74) is 0.713. The Morgan fingerprint density at radius 2 is 1.95 bits per heavy atom. The highest BCUT2D eigenvalue weighted by Gasteiger charge is 2.39. The van der Waals surface area contributed by atoms with Gasteiger partial charge in [0.15, 0.2) is 0 Å². The van der Waals surface area contributed by atoms with Crippen LogP contribution in [-0.4, -0.2) is 36.9 Å². The molecular formula is C14H16ClNO4S. The summed E-state index contributed by atoms with van der Waals surface area (Å²) in [6, 6.07) is 6.76. The van der Waals surface area contributed by atoms with E-state index in [2.05, 4.69) is 0 Å². The van der Waals surface area contributed by atoms with Gasteiger partial charge in [-0.25, -0.2) is 8.42 Å². The van der Waals surface area contributed by atoms with Crippen LogP contribution in [0, 0.1) is 11.8 Å². The maximum atomic E-state index is 12.2. The normalized spacial score (nSPS) is 23.7.